The van der Waals surface area contributed by atoms with Crippen LogP contribution >= 0.6 is 12.0 Å². The van der Waals surface area contributed by atoms with Gasteiger partial charge in [-0.25, -0.2) is 5.26 Å². The minimum Gasteiger partial charge on any atom is -0.344 e. The lowest BCUT2D eigenvalue weighted by atomic mass is 9.74. The Morgan fingerprint density at radius 3 is 2.26 bits per heavy atom. The minimum absolute atomic E-state index is 0.212. The van der Waals surface area contributed by atoms with Gasteiger partial charge < -0.3 is 4.90 Å². The maximum Gasteiger partial charge on any atom is 0.264 e. The second kappa shape index (κ2) is 16.0. The first-order valence-electron chi connectivity index (χ1n) is 20.3. The van der Waals surface area contributed by atoms with E-state index in [4.69, 9.17) is 9.59 Å². The summed E-state index contributed by atoms with van der Waals surface area (Å²) in [7, 11) is -4.07. The number of benzene rings is 4. The summed E-state index contributed by atoms with van der Waals surface area (Å²) in [5.41, 5.74) is 12.5. The fourth-order valence-electron chi connectivity index (χ4n) is 10.3. The number of hydrogen-bond acceptors (Lipinski definition) is 7. The number of rotatable bonds is 12. The van der Waals surface area contributed by atoms with E-state index >= 15 is 0 Å². The first-order chi connectivity index (χ1) is 27.4. The largest absolute Gasteiger partial charge is 0.344 e. The van der Waals surface area contributed by atoms with E-state index in [2.05, 4.69) is 133 Å². The smallest absolute Gasteiger partial charge is 0.264 e. The van der Waals surface area contributed by atoms with Crippen LogP contribution in [-0.2, 0) is 30.3 Å². The molecule has 10 heteroatoms. The molecule has 4 aromatic carbocycles. The molecule has 57 heavy (non-hydrogen) atoms. The van der Waals surface area contributed by atoms with Gasteiger partial charge in [0.2, 0.25) is 5.69 Å². The second-order valence-electron chi connectivity index (χ2n) is 16.9. The molecule has 0 spiro atoms. The monoisotopic (exact) mass is 805 g/mol. The van der Waals surface area contributed by atoms with Crippen LogP contribution in [0.5, 0.6) is 0 Å². The Kier molecular flexibility index (Phi) is 11.1. The molecule has 0 saturated carbocycles. The van der Waals surface area contributed by atoms with E-state index in [-0.39, 0.29) is 16.6 Å². The molecule has 2 aliphatic heterocycles. The lowest BCUT2D eigenvalue weighted by Gasteiger charge is -2.31. The van der Waals surface area contributed by atoms with Gasteiger partial charge in [0.15, 0.2) is 5.71 Å². The molecule has 0 amide bonds. The molecule has 8 rings (SSSR count). The van der Waals surface area contributed by atoms with Gasteiger partial charge >= 0.3 is 0 Å². The Balaban J connectivity index is 1.18. The van der Waals surface area contributed by atoms with Crippen molar-refractivity contribution >= 4 is 60.8 Å². The summed E-state index contributed by atoms with van der Waals surface area (Å²) in [6.45, 7) is 10.7. The highest BCUT2D eigenvalue weighted by molar-refractivity contribution is 7.94. The Hall–Kier alpha value is -4.03. The minimum atomic E-state index is -4.07. The zero-order chi connectivity index (χ0) is 40.0. The van der Waals surface area contributed by atoms with E-state index in [1.807, 2.05) is 0 Å². The first kappa shape index (κ1) is 39.8. The van der Waals surface area contributed by atoms with Crippen LogP contribution in [0.1, 0.15) is 90.2 Å². The molecule has 2 N–H and O–H groups in total. The molecular weight excluding hydrogens is 753 g/mol. The van der Waals surface area contributed by atoms with E-state index in [9.17, 15) is 13.0 Å². The molecule has 4 aliphatic rings. The van der Waals surface area contributed by atoms with Crippen molar-refractivity contribution in [3.63, 3.8) is 0 Å². The molecule has 0 fully saturated rings. The summed E-state index contributed by atoms with van der Waals surface area (Å²) >= 11 is 1.11. The van der Waals surface area contributed by atoms with Crippen molar-refractivity contribution in [1.82, 2.24) is 0 Å². The van der Waals surface area contributed by atoms with E-state index in [1.165, 1.54) is 72.1 Å². The van der Waals surface area contributed by atoms with Gasteiger partial charge in [-0.2, -0.15) is 13.0 Å². The molecule has 2 heterocycles. The van der Waals surface area contributed by atoms with E-state index in [0.29, 0.717) is 18.7 Å². The summed E-state index contributed by atoms with van der Waals surface area (Å²) in [4.78, 5) is 2.34. The summed E-state index contributed by atoms with van der Waals surface area (Å²) in [6.07, 6.45) is 14.6. The third-order valence-electron chi connectivity index (χ3n) is 12.4. The Morgan fingerprint density at radius 1 is 0.825 bits per heavy atom. The first-order valence-corrected chi connectivity index (χ1v) is 22.8. The molecule has 298 valence electrons. The van der Waals surface area contributed by atoms with Crippen molar-refractivity contribution in [2.75, 3.05) is 29.5 Å². The Labute approximate surface area is 341 Å². The molecule has 0 atom stereocenters. The van der Waals surface area contributed by atoms with Crippen molar-refractivity contribution in [1.29, 1.82) is 0 Å². The molecule has 4 aromatic rings. The standard InChI is InChI=1S/C47H52N2O6S2/c1-46(2)42-38-19-7-5-15-34(38)21-23-40(42)48(25-11-27-56-55-54-50)44(46)36-17-9-13-32(30-36)29-33-14-10-18-37(31-33)45-47(3,4)43-39-20-8-6-16-35(39)22-24-41(43)49(45)26-12-28-57(51,52)53/h5-8,15-16,19-24,29-31H,9-14,17-18,25-28H2,1-4H3,(H-,50,51,52,53)/p+1. The van der Waals surface area contributed by atoms with Gasteiger partial charge in [0.05, 0.1) is 11.2 Å². The number of anilines is 1. The highest BCUT2D eigenvalue weighted by Gasteiger charge is 2.48. The maximum atomic E-state index is 11.8. The van der Waals surface area contributed by atoms with Crippen molar-refractivity contribution in [3.8, 4) is 0 Å². The van der Waals surface area contributed by atoms with Gasteiger partial charge in [-0.1, -0.05) is 85.6 Å². The lowest BCUT2D eigenvalue weighted by Crippen LogP contribution is -2.32. The highest BCUT2D eigenvalue weighted by Crippen LogP contribution is 2.53. The van der Waals surface area contributed by atoms with Gasteiger partial charge in [0.1, 0.15) is 6.54 Å². The third-order valence-corrected chi connectivity index (χ3v) is 13.8. The highest BCUT2D eigenvalue weighted by atomic mass is 32.2. The van der Waals surface area contributed by atoms with Crippen LogP contribution in [-0.4, -0.2) is 53.1 Å². The zero-order valence-electron chi connectivity index (χ0n) is 33.4. The Bertz CT molecular complexity index is 2510. The van der Waals surface area contributed by atoms with Crippen molar-refractivity contribution in [3.05, 3.63) is 130 Å². The van der Waals surface area contributed by atoms with Crippen molar-refractivity contribution in [2.24, 2.45) is 0 Å². The molecule has 0 unspecified atom stereocenters. The topological polar surface area (TPSA) is 99.3 Å². The van der Waals surface area contributed by atoms with E-state index in [0.717, 1.165) is 69.2 Å². The predicted molar refractivity (Wildman–Crippen MR) is 233 cm³/mol. The van der Waals surface area contributed by atoms with E-state index < -0.39 is 10.1 Å². The summed E-state index contributed by atoms with van der Waals surface area (Å²) in [5, 5.41) is 17.5. The third kappa shape index (κ3) is 7.68. The van der Waals surface area contributed by atoms with Crippen LogP contribution in [0.3, 0.4) is 0 Å². The molecule has 0 saturated heterocycles. The number of fused-ring (bicyclic) bond motifs is 6. The fraction of sp³-hybridized carbons (Fsp3) is 0.383. The quantitative estimate of drug-likeness (QED) is 0.0365. The molecule has 0 bridgehead atoms. The van der Waals surface area contributed by atoms with Crippen LogP contribution in [0.2, 0.25) is 0 Å². The van der Waals surface area contributed by atoms with E-state index in [1.54, 1.807) is 0 Å². The normalized spacial score (nSPS) is 21.0. The average Bonchev–Trinajstić information content (AvgIpc) is 3.56. The lowest BCUT2D eigenvalue weighted by molar-refractivity contribution is -0.438. The number of hydrogen-bond donors (Lipinski definition) is 2. The van der Waals surface area contributed by atoms with Crippen LogP contribution in [0.25, 0.3) is 21.5 Å². The van der Waals surface area contributed by atoms with Gasteiger partial charge in [0, 0.05) is 64.8 Å². The van der Waals surface area contributed by atoms with Crippen LogP contribution in [0, 0.1) is 0 Å². The van der Waals surface area contributed by atoms with Crippen LogP contribution in [0.15, 0.2) is 119 Å². The summed E-state index contributed by atoms with van der Waals surface area (Å²) in [5.74, 6) is 0.415. The average molecular weight is 806 g/mol. The fourth-order valence-corrected chi connectivity index (χ4v) is 11.2. The number of allylic oxidation sites excluding steroid dienone is 8. The van der Waals surface area contributed by atoms with Gasteiger partial charge in [0.25, 0.3) is 10.1 Å². The summed E-state index contributed by atoms with van der Waals surface area (Å²) in [6, 6.07) is 26.1. The van der Waals surface area contributed by atoms with Gasteiger partial charge in [-0.05, 0) is 121 Å². The molecular formula is C47H53N2O6S2+. The maximum absolute atomic E-state index is 11.8. The SMILES string of the molecule is CC1(C)C(=C2C=C(C=C3C=C(C4=[N+](CCCSOOO)c5ccc6ccccc6c5C4(C)C)CCC3)CCC2)N(CCCS(=O)(=O)O)c2ccc3ccccc3c21. The van der Waals surface area contributed by atoms with Gasteiger partial charge in [-0.3, -0.25) is 4.55 Å². The number of nitrogens with zero attached hydrogens (tertiary/aromatic N) is 2. The molecule has 0 radical (unpaired) electrons. The van der Waals surface area contributed by atoms with Crippen molar-refractivity contribution in [2.45, 2.75) is 89.9 Å². The predicted octanol–water partition coefficient (Wildman–Crippen LogP) is 11.3. The van der Waals surface area contributed by atoms with Crippen molar-refractivity contribution < 1.29 is 32.2 Å². The molecule has 8 nitrogen and oxygen atoms in total. The zero-order valence-corrected chi connectivity index (χ0v) is 35.0. The van der Waals surface area contributed by atoms with Gasteiger partial charge in [-0.15, -0.1) is 4.33 Å². The molecule has 0 aromatic heterocycles. The summed E-state index contributed by atoms with van der Waals surface area (Å²) < 4.78 is 40.5. The Morgan fingerprint density at radius 2 is 1.53 bits per heavy atom. The molecule has 2 aliphatic carbocycles. The van der Waals surface area contributed by atoms with Crippen LogP contribution < -0.4 is 4.90 Å². The van der Waals surface area contributed by atoms with Crippen LogP contribution in [0.4, 0.5) is 11.4 Å². The second-order valence-corrected chi connectivity index (χ2v) is 19.3.